The van der Waals surface area contributed by atoms with Gasteiger partial charge >= 0.3 is 6.61 Å². The first-order valence-electron chi connectivity index (χ1n) is 6.73. The molecule has 2 aromatic rings. The van der Waals surface area contributed by atoms with Crippen LogP contribution in [0.15, 0.2) is 48.5 Å². The molecule has 1 atom stereocenters. The van der Waals surface area contributed by atoms with Crippen molar-refractivity contribution in [2.24, 2.45) is 5.84 Å². The van der Waals surface area contributed by atoms with Gasteiger partial charge in [-0.2, -0.15) is 8.78 Å². The molecule has 2 aromatic carbocycles. The van der Waals surface area contributed by atoms with Gasteiger partial charge in [0.25, 0.3) is 0 Å². The van der Waals surface area contributed by atoms with Gasteiger partial charge in [-0.25, -0.2) is 5.43 Å². The van der Waals surface area contributed by atoms with Crippen LogP contribution in [0.5, 0.6) is 5.75 Å². The summed E-state index contributed by atoms with van der Waals surface area (Å²) in [6.45, 7) is -0.769. The fourth-order valence-electron chi connectivity index (χ4n) is 2.25. The summed E-state index contributed by atoms with van der Waals surface area (Å²) in [7, 11) is 0. The highest BCUT2D eigenvalue weighted by molar-refractivity contribution is 5.38. The second-order valence-corrected chi connectivity index (χ2v) is 4.65. The van der Waals surface area contributed by atoms with Crippen LogP contribution in [0.3, 0.4) is 0 Å². The minimum Gasteiger partial charge on any atom is -0.435 e. The predicted octanol–water partition coefficient (Wildman–Crippen LogP) is 3.40. The minimum absolute atomic E-state index is 0.120. The van der Waals surface area contributed by atoms with Gasteiger partial charge < -0.3 is 4.74 Å². The maximum Gasteiger partial charge on any atom is 0.387 e. The standard InChI is InChI=1S/C16H18F2N2O/c1-2-11-5-3-6-12(9-11)15(20-19)13-7-4-8-14(10-13)21-16(17)18/h3-10,15-16,20H,2,19H2,1H3. The van der Waals surface area contributed by atoms with Gasteiger partial charge in [0.05, 0.1) is 6.04 Å². The Hall–Kier alpha value is -1.98. The lowest BCUT2D eigenvalue weighted by Crippen LogP contribution is -2.28. The summed E-state index contributed by atoms with van der Waals surface area (Å²) < 4.78 is 29.0. The molecule has 0 heterocycles. The van der Waals surface area contributed by atoms with Gasteiger partial charge in [-0.1, -0.05) is 43.3 Å². The first-order chi connectivity index (χ1) is 10.1. The summed E-state index contributed by atoms with van der Waals surface area (Å²) in [5.41, 5.74) is 5.66. The molecule has 5 heteroatoms. The molecular weight excluding hydrogens is 274 g/mol. The molecule has 0 fully saturated rings. The fourth-order valence-corrected chi connectivity index (χ4v) is 2.25. The molecule has 0 saturated heterocycles. The highest BCUT2D eigenvalue weighted by Crippen LogP contribution is 2.26. The lowest BCUT2D eigenvalue weighted by molar-refractivity contribution is -0.0498. The summed E-state index contributed by atoms with van der Waals surface area (Å²) in [5, 5.41) is 0. The van der Waals surface area contributed by atoms with E-state index in [9.17, 15) is 8.78 Å². The van der Waals surface area contributed by atoms with Gasteiger partial charge in [0, 0.05) is 0 Å². The van der Waals surface area contributed by atoms with Crippen LogP contribution in [0.2, 0.25) is 0 Å². The van der Waals surface area contributed by atoms with E-state index in [2.05, 4.69) is 17.1 Å². The quantitative estimate of drug-likeness (QED) is 0.633. The Kier molecular flexibility index (Phi) is 5.25. The minimum atomic E-state index is -2.84. The number of alkyl halides is 2. The van der Waals surface area contributed by atoms with Crippen molar-refractivity contribution in [3.8, 4) is 5.75 Å². The largest absolute Gasteiger partial charge is 0.435 e. The third-order valence-corrected chi connectivity index (χ3v) is 3.28. The Bertz CT molecular complexity index is 590. The number of nitrogens with two attached hydrogens (primary N) is 1. The summed E-state index contributed by atoms with van der Waals surface area (Å²) in [6.07, 6.45) is 0.916. The summed E-state index contributed by atoms with van der Waals surface area (Å²) >= 11 is 0. The van der Waals surface area contributed by atoms with E-state index in [1.54, 1.807) is 12.1 Å². The number of ether oxygens (including phenoxy) is 1. The number of nitrogens with one attached hydrogen (secondary N) is 1. The highest BCUT2D eigenvalue weighted by Gasteiger charge is 2.14. The van der Waals surface area contributed by atoms with Gasteiger partial charge in [0.1, 0.15) is 5.75 Å². The van der Waals surface area contributed by atoms with E-state index < -0.39 is 6.61 Å². The van der Waals surface area contributed by atoms with Crippen LogP contribution in [0, 0.1) is 0 Å². The van der Waals surface area contributed by atoms with Gasteiger partial charge in [0.15, 0.2) is 0 Å². The number of aryl methyl sites for hydroxylation is 1. The summed E-state index contributed by atoms with van der Waals surface area (Å²) in [5.74, 6) is 5.76. The topological polar surface area (TPSA) is 47.3 Å². The third-order valence-electron chi connectivity index (χ3n) is 3.28. The average Bonchev–Trinajstić information content (AvgIpc) is 2.48. The van der Waals surface area contributed by atoms with Crippen LogP contribution in [0.25, 0.3) is 0 Å². The lowest BCUT2D eigenvalue weighted by Gasteiger charge is -2.18. The van der Waals surface area contributed by atoms with Crippen LogP contribution in [0.1, 0.15) is 29.7 Å². The van der Waals surface area contributed by atoms with E-state index in [4.69, 9.17) is 5.84 Å². The van der Waals surface area contributed by atoms with Crippen molar-refractivity contribution >= 4 is 0 Å². The van der Waals surface area contributed by atoms with Crippen molar-refractivity contribution in [2.45, 2.75) is 26.0 Å². The molecular formula is C16H18F2N2O. The molecule has 0 aliphatic carbocycles. The monoisotopic (exact) mass is 292 g/mol. The molecule has 3 N–H and O–H groups in total. The number of halogens is 2. The maximum absolute atomic E-state index is 12.3. The van der Waals surface area contributed by atoms with Crippen molar-refractivity contribution < 1.29 is 13.5 Å². The maximum atomic E-state index is 12.3. The van der Waals surface area contributed by atoms with Crippen molar-refractivity contribution in [1.82, 2.24) is 5.43 Å². The fraction of sp³-hybridized carbons (Fsp3) is 0.250. The van der Waals surface area contributed by atoms with E-state index in [1.807, 2.05) is 30.3 Å². The Labute approximate surface area is 122 Å². The van der Waals surface area contributed by atoms with Gasteiger partial charge in [-0.15, -0.1) is 0 Å². The first kappa shape index (κ1) is 15.4. The highest BCUT2D eigenvalue weighted by atomic mass is 19.3. The molecule has 0 spiro atoms. The van der Waals surface area contributed by atoms with Gasteiger partial charge in [0.2, 0.25) is 0 Å². The Morgan fingerprint density at radius 1 is 1.10 bits per heavy atom. The molecule has 112 valence electrons. The Balaban J connectivity index is 2.32. The smallest absolute Gasteiger partial charge is 0.387 e. The SMILES string of the molecule is CCc1cccc(C(NN)c2cccc(OC(F)F)c2)c1. The van der Waals surface area contributed by atoms with Crippen molar-refractivity contribution in [3.05, 3.63) is 65.2 Å². The number of benzene rings is 2. The zero-order valence-corrected chi connectivity index (χ0v) is 11.7. The van der Waals surface area contributed by atoms with Crippen molar-refractivity contribution in [3.63, 3.8) is 0 Å². The Morgan fingerprint density at radius 3 is 2.38 bits per heavy atom. The normalized spacial score (nSPS) is 12.4. The van der Waals surface area contributed by atoms with Gasteiger partial charge in [-0.3, -0.25) is 5.84 Å². The van der Waals surface area contributed by atoms with Crippen LogP contribution < -0.4 is 16.0 Å². The molecule has 0 aliphatic heterocycles. The second-order valence-electron chi connectivity index (χ2n) is 4.65. The molecule has 0 aliphatic rings. The van der Waals surface area contributed by atoms with E-state index in [0.29, 0.717) is 0 Å². The van der Waals surface area contributed by atoms with Crippen molar-refractivity contribution in [2.75, 3.05) is 0 Å². The summed E-state index contributed by atoms with van der Waals surface area (Å²) in [6, 6.07) is 14.3. The molecule has 0 bridgehead atoms. The number of hydrogen-bond donors (Lipinski definition) is 2. The summed E-state index contributed by atoms with van der Waals surface area (Å²) in [4.78, 5) is 0. The second kappa shape index (κ2) is 7.15. The third kappa shape index (κ3) is 4.00. The molecule has 1 unspecified atom stereocenters. The van der Waals surface area contributed by atoms with Gasteiger partial charge in [-0.05, 0) is 35.2 Å². The molecule has 21 heavy (non-hydrogen) atoms. The van der Waals surface area contributed by atoms with Crippen LogP contribution in [-0.4, -0.2) is 6.61 Å². The molecule has 0 saturated carbocycles. The van der Waals surface area contributed by atoms with Crippen LogP contribution in [-0.2, 0) is 6.42 Å². The van der Waals surface area contributed by atoms with E-state index in [-0.39, 0.29) is 11.8 Å². The average molecular weight is 292 g/mol. The van der Waals surface area contributed by atoms with Crippen LogP contribution in [0.4, 0.5) is 8.78 Å². The molecule has 2 rings (SSSR count). The van der Waals surface area contributed by atoms with E-state index in [1.165, 1.54) is 11.6 Å². The molecule has 0 aromatic heterocycles. The number of hydrazine groups is 1. The molecule has 3 nitrogen and oxygen atoms in total. The molecule has 0 radical (unpaired) electrons. The predicted molar refractivity (Wildman–Crippen MR) is 78.1 cm³/mol. The first-order valence-corrected chi connectivity index (χ1v) is 6.73. The number of hydrogen-bond acceptors (Lipinski definition) is 3. The zero-order valence-electron chi connectivity index (χ0n) is 11.7. The lowest BCUT2D eigenvalue weighted by atomic mass is 9.97. The van der Waals surface area contributed by atoms with E-state index >= 15 is 0 Å². The Morgan fingerprint density at radius 2 is 1.76 bits per heavy atom. The van der Waals surface area contributed by atoms with Crippen LogP contribution >= 0.6 is 0 Å². The number of rotatable bonds is 6. The van der Waals surface area contributed by atoms with E-state index in [0.717, 1.165) is 17.5 Å². The molecule has 0 amide bonds. The van der Waals surface area contributed by atoms with Crippen molar-refractivity contribution in [1.29, 1.82) is 0 Å². The zero-order chi connectivity index (χ0) is 15.2.